The number of nitrogens with zero attached hydrogens (tertiary/aromatic N) is 1. The van der Waals surface area contributed by atoms with E-state index < -0.39 is 12.0 Å². The van der Waals surface area contributed by atoms with Gasteiger partial charge in [0.2, 0.25) is 5.91 Å². The van der Waals surface area contributed by atoms with Gasteiger partial charge in [0.1, 0.15) is 0 Å². The van der Waals surface area contributed by atoms with Gasteiger partial charge in [-0.25, -0.2) is 0 Å². The predicted molar refractivity (Wildman–Crippen MR) is 101 cm³/mol. The van der Waals surface area contributed by atoms with Crippen molar-refractivity contribution in [1.82, 2.24) is 4.90 Å². The fourth-order valence-corrected chi connectivity index (χ4v) is 3.49. The van der Waals surface area contributed by atoms with Gasteiger partial charge in [0.25, 0.3) is 0 Å². The van der Waals surface area contributed by atoms with E-state index in [0.29, 0.717) is 12.1 Å². The average Bonchev–Trinajstić information content (AvgIpc) is 2.91. The van der Waals surface area contributed by atoms with Crippen molar-refractivity contribution in [2.45, 2.75) is 46.9 Å². The molecular weight excluding hydrogens is 350 g/mol. The van der Waals surface area contributed by atoms with Gasteiger partial charge in [-0.3, -0.25) is 4.79 Å². The van der Waals surface area contributed by atoms with E-state index in [1.54, 1.807) is 12.1 Å². The van der Waals surface area contributed by atoms with Gasteiger partial charge in [0.15, 0.2) is 5.75 Å². The van der Waals surface area contributed by atoms with Gasteiger partial charge in [0.05, 0.1) is 11.7 Å². The van der Waals surface area contributed by atoms with E-state index in [1.807, 2.05) is 50.8 Å². The number of benzene rings is 2. The SMILES string of the molecule is C[C@@H]1c2ccc(-c3cccc(N)c3OC(F)F)cc2CN1C(=O)C(C)(C)C. The molecule has 6 heteroatoms. The molecule has 0 aromatic heterocycles. The highest BCUT2D eigenvalue weighted by Gasteiger charge is 2.36. The minimum absolute atomic E-state index is 0.0267. The van der Waals surface area contributed by atoms with E-state index in [-0.39, 0.29) is 23.4 Å². The Morgan fingerprint density at radius 2 is 1.96 bits per heavy atom. The first kappa shape index (κ1) is 19.1. The first-order chi connectivity index (χ1) is 12.6. The summed E-state index contributed by atoms with van der Waals surface area (Å²) in [5.74, 6) is 0.0551. The minimum Gasteiger partial charge on any atom is -0.432 e. The maximum absolute atomic E-state index is 12.8. The zero-order valence-corrected chi connectivity index (χ0v) is 15.9. The highest BCUT2D eigenvalue weighted by Crippen LogP contribution is 2.41. The third-order valence-electron chi connectivity index (χ3n) is 4.87. The van der Waals surface area contributed by atoms with Crippen molar-refractivity contribution in [1.29, 1.82) is 0 Å². The third kappa shape index (κ3) is 3.61. The van der Waals surface area contributed by atoms with Crippen LogP contribution in [-0.4, -0.2) is 17.4 Å². The molecule has 0 fully saturated rings. The van der Waals surface area contributed by atoms with E-state index in [1.165, 1.54) is 6.07 Å². The number of carbonyl (C=O) groups is 1. The predicted octanol–water partition coefficient (Wildman–Crippen LogP) is 4.99. The van der Waals surface area contributed by atoms with Crippen LogP contribution in [0.3, 0.4) is 0 Å². The second-order valence-corrected chi connectivity index (χ2v) is 7.88. The second-order valence-electron chi connectivity index (χ2n) is 7.88. The van der Waals surface area contributed by atoms with Crippen LogP contribution >= 0.6 is 0 Å². The van der Waals surface area contributed by atoms with E-state index >= 15 is 0 Å². The molecule has 1 aliphatic rings. The largest absolute Gasteiger partial charge is 0.432 e. The lowest BCUT2D eigenvalue weighted by atomic mass is 9.94. The zero-order chi connectivity index (χ0) is 19.9. The Hall–Kier alpha value is -2.63. The van der Waals surface area contributed by atoms with Crippen molar-refractivity contribution < 1.29 is 18.3 Å². The van der Waals surface area contributed by atoms with Gasteiger partial charge in [-0.1, -0.05) is 45.0 Å². The Morgan fingerprint density at radius 3 is 2.59 bits per heavy atom. The molecular formula is C21H24F2N2O2. The molecule has 0 radical (unpaired) electrons. The molecule has 2 N–H and O–H groups in total. The monoisotopic (exact) mass is 374 g/mol. The van der Waals surface area contributed by atoms with Crippen LogP contribution in [0.25, 0.3) is 11.1 Å². The van der Waals surface area contributed by atoms with Gasteiger partial charge in [-0.15, -0.1) is 0 Å². The lowest BCUT2D eigenvalue weighted by Gasteiger charge is -2.29. The quantitative estimate of drug-likeness (QED) is 0.771. The molecule has 1 amide bonds. The summed E-state index contributed by atoms with van der Waals surface area (Å²) in [4.78, 5) is 14.6. The van der Waals surface area contributed by atoms with Gasteiger partial charge in [-0.2, -0.15) is 8.78 Å². The first-order valence-electron chi connectivity index (χ1n) is 8.87. The molecule has 0 saturated heterocycles. The Balaban J connectivity index is 1.99. The maximum Gasteiger partial charge on any atom is 0.387 e. The highest BCUT2D eigenvalue weighted by atomic mass is 19.3. The van der Waals surface area contributed by atoms with Crippen molar-refractivity contribution in [3.05, 3.63) is 47.5 Å². The standard InChI is InChI=1S/C21H24F2N2O2/c1-12-15-9-8-13(10-14(15)11-25(12)19(26)21(2,3)4)16-6-5-7-17(24)18(16)27-20(22)23/h5-10,12,20H,11,24H2,1-4H3/t12-/m1/s1. The van der Waals surface area contributed by atoms with E-state index in [4.69, 9.17) is 5.73 Å². The molecule has 144 valence electrons. The van der Waals surface area contributed by atoms with Crippen molar-refractivity contribution in [2.24, 2.45) is 5.41 Å². The maximum atomic E-state index is 12.8. The second kappa shape index (κ2) is 6.83. The summed E-state index contributed by atoms with van der Waals surface area (Å²) in [5, 5.41) is 0. The molecule has 0 spiro atoms. The molecule has 1 aliphatic heterocycles. The molecule has 3 rings (SSSR count). The number of nitrogens with two attached hydrogens (primary N) is 1. The molecule has 4 nitrogen and oxygen atoms in total. The molecule has 2 aromatic carbocycles. The van der Waals surface area contributed by atoms with Gasteiger partial charge >= 0.3 is 6.61 Å². The van der Waals surface area contributed by atoms with Crippen LogP contribution in [0.15, 0.2) is 36.4 Å². The molecule has 0 bridgehead atoms. The first-order valence-corrected chi connectivity index (χ1v) is 8.87. The number of hydrogen-bond donors (Lipinski definition) is 1. The molecule has 1 atom stereocenters. The van der Waals surface area contributed by atoms with Crippen LogP contribution < -0.4 is 10.5 Å². The Kier molecular flexibility index (Phi) is 4.84. The summed E-state index contributed by atoms with van der Waals surface area (Å²) in [5.41, 5.74) is 8.84. The lowest BCUT2D eigenvalue weighted by molar-refractivity contribution is -0.141. The number of anilines is 1. The van der Waals surface area contributed by atoms with Crippen molar-refractivity contribution in [3.63, 3.8) is 0 Å². The summed E-state index contributed by atoms with van der Waals surface area (Å²) >= 11 is 0. The number of ether oxygens (including phenoxy) is 1. The molecule has 1 heterocycles. The van der Waals surface area contributed by atoms with E-state index in [9.17, 15) is 13.6 Å². The molecule has 0 saturated carbocycles. The number of hydrogen-bond acceptors (Lipinski definition) is 3. The van der Waals surface area contributed by atoms with Gasteiger partial charge in [-0.05, 0) is 35.7 Å². The number of carbonyl (C=O) groups excluding carboxylic acids is 1. The van der Waals surface area contributed by atoms with Crippen LogP contribution in [0.4, 0.5) is 14.5 Å². The highest BCUT2D eigenvalue weighted by molar-refractivity contribution is 5.83. The summed E-state index contributed by atoms with van der Waals surface area (Å²) in [6.45, 7) is 5.24. The topological polar surface area (TPSA) is 55.6 Å². The van der Waals surface area contributed by atoms with Gasteiger partial charge < -0.3 is 15.4 Å². The number of para-hydroxylation sites is 1. The normalized spacial score (nSPS) is 16.6. The fourth-order valence-electron chi connectivity index (χ4n) is 3.49. The summed E-state index contributed by atoms with van der Waals surface area (Å²) in [6.07, 6.45) is 0. The fraction of sp³-hybridized carbons (Fsp3) is 0.381. The number of halogens is 2. The Morgan fingerprint density at radius 1 is 1.26 bits per heavy atom. The molecule has 0 aliphatic carbocycles. The summed E-state index contributed by atoms with van der Waals surface area (Å²) in [7, 11) is 0. The molecule has 2 aromatic rings. The van der Waals surface area contributed by atoms with Gasteiger partial charge in [0, 0.05) is 17.5 Å². The minimum atomic E-state index is -2.96. The average molecular weight is 374 g/mol. The molecule has 27 heavy (non-hydrogen) atoms. The van der Waals surface area contributed by atoms with Crippen LogP contribution in [0.2, 0.25) is 0 Å². The third-order valence-corrected chi connectivity index (χ3v) is 4.87. The van der Waals surface area contributed by atoms with Crippen molar-refractivity contribution in [2.75, 3.05) is 5.73 Å². The number of amides is 1. The van der Waals surface area contributed by atoms with Crippen molar-refractivity contribution >= 4 is 11.6 Å². The zero-order valence-electron chi connectivity index (χ0n) is 15.9. The number of alkyl halides is 2. The van der Waals surface area contributed by atoms with E-state index in [2.05, 4.69) is 4.74 Å². The van der Waals surface area contributed by atoms with E-state index in [0.717, 1.165) is 16.7 Å². The summed E-state index contributed by atoms with van der Waals surface area (Å²) in [6, 6.07) is 10.6. The number of fused-ring (bicyclic) bond motifs is 1. The molecule has 0 unspecified atom stereocenters. The lowest BCUT2D eigenvalue weighted by Crippen LogP contribution is -2.37. The van der Waals surface area contributed by atoms with Crippen LogP contribution in [-0.2, 0) is 11.3 Å². The number of rotatable bonds is 3. The Bertz CT molecular complexity index is 875. The van der Waals surface area contributed by atoms with Crippen LogP contribution in [0.5, 0.6) is 5.75 Å². The number of nitrogen functional groups attached to an aromatic ring is 1. The summed E-state index contributed by atoms with van der Waals surface area (Å²) < 4.78 is 30.2. The van der Waals surface area contributed by atoms with Crippen LogP contribution in [0.1, 0.15) is 44.9 Å². The Labute approximate surface area is 157 Å². The smallest absolute Gasteiger partial charge is 0.387 e. The van der Waals surface area contributed by atoms with Crippen LogP contribution in [0, 0.1) is 5.41 Å². The van der Waals surface area contributed by atoms with Crippen molar-refractivity contribution in [3.8, 4) is 16.9 Å².